The molecule has 0 atom stereocenters. The van der Waals surface area contributed by atoms with Crippen LogP contribution >= 0.6 is 23.2 Å². The van der Waals surface area contributed by atoms with E-state index in [9.17, 15) is 8.42 Å². The van der Waals surface area contributed by atoms with E-state index in [0.29, 0.717) is 21.2 Å². The standard InChI is InChI=1S/C13H14Cl2N2O3S/c1-13(2,21(3,18)19)11-10(12(16)17-20-11)8-5-4-7(14)6-9(8)15/h4-6H,1-3H3,(H2,16,17). The highest BCUT2D eigenvalue weighted by Gasteiger charge is 2.40. The lowest BCUT2D eigenvalue weighted by molar-refractivity contribution is 0.357. The minimum absolute atomic E-state index is 0.0750. The van der Waals surface area contributed by atoms with Crippen LogP contribution in [0.2, 0.25) is 10.0 Å². The maximum atomic E-state index is 12.0. The highest BCUT2D eigenvalue weighted by molar-refractivity contribution is 7.91. The number of nitrogen functional groups attached to an aromatic ring is 1. The first kappa shape index (κ1) is 16.1. The number of rotatable bonds is 3. The van der Waals surface area contributed by atoms with Crippen molar-refractivity contribution in [3.8, 4) is 11.1 Å². The number of hydrogen-bond donors (Lipinski definition) is 1. The summed E-state index contributed by atoms with van der Waals surface area (Å²) in [6, 6.07) is 4.82. The van der Waals surface area contributed by atoms with Gasteiger partial charge < -0.3 is 10.3 Å². The summed E-state index contributed by atoms with van der Waals surface area (Å²) in [4.78, 5) is 0. The van der Waals surface area contributed by atoms with Gasteiger partial charge in [0.15, 0.2) is 21.4 Å². The minimum atomic E-state index is -3.45. The quantitative estimate of drug-likeness (QED) is 0.916. The van der Waals surface area contributed by atoms with Gasteiger partial charge in [0, 0.05) is 16.8 Å². The van der Waals surface area contributed by atoms with Gasteiger partial charge in [0.25, 0.3) is 0 Å². The summed E-state index contributed by atoms with van der Waals surface area (Å²) >= 11 is 12.0. The largest absolute Gasteiger partial charge is 0.380 e. The van der Waals surface area contributed by atoms with Gasteiger partial charge in [0.2, 0.25) is 0 Å². The second-order valence-electron chi connectivity index (χ2n) is 5.18. The van der Waals surface area contributed by atoms with Crippen LogP contribution in [0.15, 0.2) is 22.7 Å². The van der Waals surface area contributed by atoms with Crippen LogP contribution in [0.4, 0.5) is 5.82 Å². The first-order valence-electron chi connectivity index (χ1n) is 5.96. The average Bonchev–Trinajstić information content (AvgIpc) is 2.70. The van der Waals surface area contributed by atoms with Crippen molar-refractivity contribution in [1.82, 2.24) is 5.16 Å². The molecule has 5 nitrogen and oxygen atoms in total. The molecule has 114 valence electrons. The Hall–Kier alpha value is -1.24. The summed E-state index contributed by atoms with van der Waals surface area (Å²) in [6.45, 7) is 3.05. The van der Waals surface area contributed by atoms with Gasteiger partial charge >= 0.3 is 0 Å². The van der Waals surface area contributed by atoms with Crippen LogP contribution in [0.3, 0.4) is 0 Å². The zero-order valence-corrected chi connectivity index (χ0v) is 14.0. The van der Waals surface area contributed by atoms with E-state index in [2.05, 4.69) is 5.16 Å². The van der Waals surface area contributed by atoms with Crippen LogP contribution in [0.25, 0.3) is 11.1 Å². The Balaban J connectivity index is 2.75. The molecule has 8 heteroatoms. The number of benzene rings is 1. The second-order valence-corrected chi connectivity index (χ2v) is 8.59. The molecule has 0 aliphatic carbocycles. The molecule has 2 N–H and O–H groups in total. The number of halogens is 2. The highest BCUT2D eigenvalue weighted by atomic mass is 35.5. The summed E-state index contributed by atoms with van der Waals surface area (Å²) in [6.07, 6.45) is 1.12. The van der Waals surface area contributed by atoms with E-state index < -0.39 is 14.6 Å². The first-order chi connectivity index (χ1) is 9.55. The molecule has 0 aliphatic heterocycles. The molecular weight excluding hydrogens is 335 g/mol. The maximum Gasteiger partial charge on any atom is 0.175 e. The number of nitrogens with two attached hydrogens (primary N) is 1. The average molecular weight is 349 g/mol. The number of hydrogen-bond acceptors (Lipinski definition) is 5. The van der Waals surface area contributed by atoms with E-state index in [1.54, 1.807) is 18.2 Å². The Morgan fingerprint density at radius 3 is 2.43 bits per heavy atom. The smallest absolute Gasteiger partial charge is 0.175 e. The van der Waals surface area contributed by atoms with Crippen LogP contribution < -0.4 is 5.73 Å². The van der Waals surface area contributed by atoms with E-state index in [0.717, 1.165) is 6.26 Å². The van der Waals surface area contributed by atoms with Crippen LogP contribution in [-0.2, 0) is 14.6 Å². The first-order valence-corrected chi connectivity index (χ1v) is 8.61. The summed E-state index contributed by atoms with van der Waals surface area (Å²) in [5.74, 6) is 0.220. The van der Waals surface area contributed by atoms with Crippen LogP contribution in [0, 0.1) is 0 Å². The second kappa shape index (κ2) is 5.19. The molecule has 0 saturated heterocycles. The van der Waals surface area contributed by atoms with E-state index >= 15 is 0 Å². The summed E-state index contributed by atoms with van der Waals surface area (Å²) < 4.78 is 27.9. The molecule has 0 amide bonds. The van der Waals surface area contributed by atoms with Gasteiger partial charge in [0.05, 0.1) is 10.6 Å². The normalized spacial score (nSPS) is 12.6. The third kappa shape index (κ3) is 2.75. The number of sulfone groups is 1. The van der Waals surface area contributed by atoms with Gasteiger partial charge in [-0.15, -0.1) is 0 Å². The Labute approximate surface area is 132 Å². The number of nitrogens with zero attached hydrogens (tertiary/aromatic N) is 1. The predicted molar refractivity (Wildman–Crippen MR) is 84.2 cm³/mol. The summed E-state index contributed by atoms with van der Waals surface area (Å²) in [5.41, 5.74) is 6.72. The zero-order chi connectivity index (χ0) is 16.0. The number of aromatic nitrogens is 1. The van der Waals surface area contributed by atoms with Gasteiger partial charge in [-0.1, -0.05) is 34.4 Å². The molecule has 0 bridgehead atoms. The predicted octanol–water partition coefficient (Wildman–Crippen LogP) is 3.51. The molecule has 0 spiro atoms. The molecule has 2 rings (SSSR count). The third-order valence-corrected chi connectivity index (χ3v) is 5.98. The van der Waals surface area contributed by atoms with Gasteiger partial charge in [0.1, 0.15) is 4.75 Å². The van der Waals surface area contributed by atoms with Gasteiger partial charge in [-0.3, -0.25) is 0 Å². The lowest BCUT2D eigenvalue weighted by Crippen LogP contribution is -2.28. The van der Waals surface area contributed by atoms with Gasteiger partial charge in [-0.2, -0.15) is 0 Å². The van der Waals surface area contributed by atoms with Crippen molar-refractivity contribution in [3.63, 3.8) is 0 Å². The van der Waals surface area contributed by atoms with Crippen LogP contribution in [0.5, 0.6) is 0 Å². The fourth-order valence-corrected chi connectivity index (χ4v) is 2.81. The zero-order valence-electron chi connectivity index (χ0n) is 11.6. The fraction of sp³-hybridized carbons (Fsp3) is 0.308. The third-order valence-electron chi connectivity index (χ3n) is 3.39. The van der Waals surface area contributed by atoms with E-state index in [1.165, 1.54) is 13.8 Å². The van der Waals surface area contributed by atoms with Crippen molar-refractivity contribution < 1.29 is 12.9 Å². The SMILES string of the molecule is CC(C)(c1onc(N)c1-c1ccc(Cl)cc1Cl)S(C)(=O)=O. The Bertz CT molecular complexity index is 798. The molecule has 21 heavy (non-hydrogen) atoms. The lowest BCUT2D eigenvalue weighted by atomic mass is 9.99. The Kier molecular flexibility index (Phi) is 3.99. The van der Waals surface area contributed by atoms with Crippen molar-refractivity contribution in [2.45, 2.75) is 18.6 Å². The molecule has 0 aliphatic rings. The van der Waals surface area contributed by atoms with Crippen molar-refractivity contribution in [3.05, 3.63) is 34.0 Å². The van der Waals surface area contributed by atoms with E-state index in [4.69, 9.17) is 33.5 Å². The van der Waals surface area contributed by atoms with Gasteiger partial charge in [-0.25, -0.2) is 8.42 Å². The van der Waals surface area contributed by atoms with Crippen LogP contribution in [0.1, 0.15) is 19.6 Å². The lowest BCUT2D eigenvalue weighted by Gasteiger charge is -2.20. The van der Waals surface area contributed by atoms with Crippen molar-refractivity contribution in [2.75, 3.05) is 12.0 Å². The topological polar surface area (TPSA) is 86.2 Å². The Morgan fingerprint density at radius 2 is 1.90 bits per heavy atom. The van der Waals surface area contributed by atoms with Crippen molar-refractivity contribution >= 4 is 38.9 Å². The van der Waals surface area contributed by atoms with Crippen molar-refractivity contribution in [2.24, 2.45) is 0 Å². The maximum absolute atomic E-state index is 12.0. The molecule has 2 aromatic rings. The van der Waals surface area contributed by atoms with Gasteiger partial charge in [-0.05, 0) is 26.0 Å². The summed E-state index contributed by atoms with van der Waals surface area (Å²) in [5, 5.41) is 4.48. The highest BCUT2D eigenvalue weighted by Crippen LogP contribution is 2.42. The summed E-state index contributed by atoms with van der Waals surface area (Å²) in [7, 11) is -3.45. The number of anilines is 1. The minimum Gasteiger partial charge on any atom is -0.380 e. The molecule has 0 radical (unpaired) electrons. The molecule has 0 saturated carbocycles. The molecule has 0 unspecified atom stereocenters. The fourth-order valence-electron chi connectivity index (χ4n) is 1.83. The van der Waals surface area contributed by atoms with E-state index in [1.807, 2.05) is 0 Å². The van der Waals surface area contributed by atoms with Crippen molar-refractivity contribution in [1.29, 1.82) is 0 Å². The molecular formula is C13H14Cl2N2O3S. The molecule has 1 aromatic carbocycles. The van der Waals surface area contributed by atoms with E-state index in [-0.39, 0.29) is 11.6 Å². The van der Waals surface area contributed by atoms with Crippen LogP contribution in [-0.4, -0.2) is 19.8 Å². The monoisotopic (exact) mass is 348 g/mol. The molecule has 0 fully saturated rings. The molecule has 1 aromatic heterocycles. The molecule has 1 heterocycles. The Morgan fingerprint density at radius 1 is 1.29 bits per heavy atom.